The zero-order valence-corrected chi connectivity index (χ0v) is 11.7. The second kappa shape index (κ2) is 5.50. The smallest absolute Gasteiger partial charge is 0.132 e. The fourth-order valence-corrected chi connectivity index (χ4v) is 2.96. The molecule has 2 rings (SSSR count). The number of aryl methyl sites for hydroxylation is 2. The maximum absolute atomic E-state index is 8.94. The van der Waals surface area contributed by atoms with E-state index < -0.39 is 0 Å². The summed E-state index contributed by atoms with van der Waals surface area (Å²) in [5.41, 5.74) is 3.35. The molecular formula is C14H17NO2S. The van der Waals surface area contributed by atoms with E-state index in [2.05, 4.69) is 24.0 Å². The highest BCUT2D eigenvalue weighted by Gasteiger charge is 2.13. The van der Waals surface area contributed by atoms with Crippen molar-refractivity contribution < 1.29 is 9.84 Å². The predicted octanol–water partition coefficient (Wildman–Crippen LogP) is 2.97. The van der Waals surface area contributed by atoms with E-state index >= 15 is 0 Å². The molecule has 0 unspecified atom stereocenters. The van der Waals surface area contributed by atoms with Crippen molar-refractivity contribution in [3.05, 3.63) is 34.3 Å². The molecule has 0 aliphatic heterocycles. The standard InChI is InChI=1S/C14H17NO2S/c1-9-6-10(2)13(17-3)12(7-9)14-15-8-11(18-14)4-5-16/h6-8,16H,4-5H2,1-3H3. The van der Waals surface area contributed by atoms with Crippen molar-refractivity contribution in [2.24, 2.45) is 0 Å². The Balaban J connectivity index is 2.48. The Morgan fingerprint density at radius 3 is 2.78 bits per heavy atom. The number of thiazole rings is 1. The van der Waals surface area contributed by atoms with Gasteiger partial charge in [-0.2, -0.15) is 0 Å². The number of aromatic nitrogens is 1. The summed E-state index contributed by atoms with van der Waals surface area (Å²) in [5, 5.41) is 9.89. The Kier molecular flexibility index (Phi) is 3.99. The Labute approximate surface area is 111 Å². The topological polar surface area (TPSA) is 42.4 Å². The quantitative estimate of drug-likeness (QED) is 0.922. The summed E-state index contributed by atoms with van der Waals surface area (Å²) in [4.78, 5) is 5.51. The van der Waals surface area contributed by atoms with Gasteiger partial charge in [-0.25, -0.2) is 4.98 Å². The van der Waals surface area contributed by atoms with Crippen LogP contribution in [-0.4, -0.2) is 23.8 Å². The van der Waals surface area contributed by atoms with Crippen molar-refractivity contribution in [3.8, 4) is 16.3 Å². The van der Waals surface area contributed by atoms with Crippen LogP contribution in [-0.2, 0) is 6.42 Å². The molecule has 0 spiro atoms. The van der Waals surface area contributed by atoms with E-state index in [1.807, 2.05) is 13.1 Å². The molecule has 4 heteroatoms. The summed E-state index contributed by atoms with van der Waals surface area (Å²) in [7, 11) is 1.68. The minimum absolute atomic E-state index is 0.158. The minimum atomic E-state index is 0.158. The third-order valence-corrected chi connectivity index (χ3v) is 3.86. The van der Waals surface area contributed by atoms with Gasteiger partial charge in [0.25, 0.3) is 0 Å². The van der Waals surface area contributed by atoms with Crippen molar-refractivity contribution in [2.75, 3.05) is 13.7 Å². The Hall–Kier alpha value is -1.39. The number of nitrogens with zero attached hydrogens (tertiary/aromatic N) is 1. The van der Waals surface area contributed by atoms with Gasteiger partial charge in [0.1, 0.15) is 10.8 Å². The second-order valence-electron chi connectivity index (χ2n) is 4.27. The van der Waals surface area contributed by atoms with Crippen molar-refractivity contribution in [2.45, 2.75) is 20.3 Å². The minimum Gasteiger partial charge on any atom is -0.496 e. The van der Waals surface area contributed by atoms with Gasteiger partial charge >= 0.3 is 0 Å². The van der Waals surface area contributed by atoms with Crippen molar-refractivity contribution in [3.63, 3.8) is 0 Å². The lowest BCUT2D eigenvalue weighted by atomic mass is 10.1. The number of hydrogen-bond acceptors (Lipinski definition) is 4. The molecule has 0 aliphatic rings. The van der Waals surface area contributed by atoms with E-state index in [1.165, 1.54) is 5.56 Å². The number of rotatable bonds is 4. The third-order valence-electron chi connectivity index (χ3n) is 2.77. The van der Waals surface area contributed by atoms with Crippen LogP contribution in [0.15, 0.2) is 18.3 Å². The number of aliphatic hydroxyl groups excluding tert-OH is 1. The molecule has 3 nitrogen and oxygen atoms in total. The Morgan fingerprint density at radius 2 is 2.11 bits per heavy atom. The molecule has 0 amide bonds. The molecule has 1 heterocycles. The normalized spacial score (nSPS) is 10.7. The van der Waals surface area contributed by atoms with E-state index in [-0.39, 0.29) is 6.61 Å². The number of methoxy groups -OCH3 is 1. The fourth-order valence-electron chi connectivity index (χ4n) is 2.04. The van der Waals surface area contributed by atoms with Crippen LogP contribution in [0.5, 0.6) is 5.75 Å². The second-order valence-corrected chi connectivity index (χ2v) is 5.38. The van der Waals surface area contributed by atoms with Crippen LogP contribution in [0.3, 0.4) is 0 Å². The SMILES string of the molecule is COc1c(C)cc(C)cc1-c1ncc(CCO)s1. The van der Waals surface area contributed by atoms with Gasteiger partial charge in [-0.1, -0.05) is 6.07 Å². The molecule has 18 heavy (non-hydrogen) atoms. The van der Waals surface area contributed by atoms with E-state index in [0.717, 1.165) is 26.8 Å². The predicted molar refractivity (Wildman–Crippen MR) is 74.4 cm³/mol. The van der Waals surface area contributed by atoms with Crippen LogP contribution in [0.2, 0.25) is 0 Å². The number of ether oxygens (including phenoxy) is 1. The lowest BCUT2D eigenvalue weighted by Gasteiger charge is -2.10. The first-order valence-corrected chi connectivity index (χ1v) is 6.68. The zero-order chi connectivity index (χ0) is 13.1. The summed E-state index contributed by atoms with van der Waals surface area (Å²) < 4.78 is 5.47. The molecule has 0 saturated carbocycles. The molecular weight excluding hydrogens is 246 g/mol. The van der Waals surface area contributed by atoms with Gasteiger partial charge in [-0.3, -0.25) is 0 Å². The molecule has 0 saturated heterocycles. The fraction of sp³-hybridized carbons (Fsp3) is 0.357. The van der Waals surface area contributed by atoms with Crippen molar-refractivity contribution in [1.82, 2.24) is 4.98 Å². The van der Waals surface area contributed by atoms with Crippen molar-refractivity contribution >= 4 is 11.3 Å². The number of benzene rings is 1. The van der Waals surface area contributed by atoms with Gasteiger partial charge in [-0.05, 0) is 31.0 Å². The maximum atomic E-state index is 8.94. The zero-order valence-electron chi connectivity index (χ0n) is 10.9. The lowest BCUT2D eigenvalue weighted by molar-refractivity contribution is 0.300. The van der Waals surface area contributed by atoms with Gasteiger partial charge in [0.2, 0.25) is 0 Å². The molecule has 2 aromatic rings. The van der Waals surface area contributed by atoms with Crippen LogP contribution in [0.4, 0.5) is 0 Å². The van der Waals surface area contributed by atoms with Gasteiger partial charge in [0, 0.05) is 24.1 Å². The van der Waals surface area contributed by atoms with Gasteiger partial charge < -0.3 is 9.84 Å². The van der Waals surface area contributed by atoms with E-state index in [4.69, 9.17) is 9.84 Å². The largest absolute Gasteiger partial charge is 0.496 e. The van der Waals surface area contributed by atoms with Crippen LogP contribution in [0, 0.1) is 13.8 Å². The Bertz CT molecular complexity index is 549. The highest BCUT2D eigenvalue weighted by atomic mass is 32.1. The van der Waals surface area contributed by atoms with E-state index in [1.54, 1.807) is 18.4 Å². The summed E-state index contributed by atoms with van der Waals surface area (Å²) in [6.45, 7) is 4.27. The van der Waals surface area contributed by atoms with Gasteiger partial charge in [-0.15, -0.1) is 11.3 Å². The van der Waals surface area contributed by atoms with Gasteiger partial charge in [0.15, 0.2) is 0 Å². The Morgan fingerprint density at radius 1 is 1.33 bits per heavy atom. The summed E-state index contributed by atoms with van der Waals surface area (Å²) in [6.07, 6.45) is 2.48. The first-order chi connectivity index (χ1) is 8.65. The third kappa shape index (κ3) is 2.54. The van der Waals surface area contributed by atoms with Crippen LogP contribution in [0.1, 0.15) is 16.0 Å². The highest BCUT2D eigenvalue weighted by molar-refractivity contribution is 7.15. The lowest BCUT2D eigenvalue weighted by Crippen LogP contribution is -1.92. The average molecular weight is 263 g/mol. The van der Waals surface area contributed by atoms with Crippen LogP contribution in [0.25, 0.3) is 10.6 Å². The first-order valence-electron chi connectivity index (χ1n) is 5.87. The summed E-state index contributed by atoms with van der Waals surface area (Å²) in [5.74, 6) is 0.880. The molecule has 1 aromatic heterocycles. The van der Waals surface area contributed by atoms with Crippen molar-refractivity contribution in [1.29, 1.82) is 0 Å². The molecule has 1 N–H and O–H groups in total. The number of hydrogen-bond donors (Lipinski definition) is 1. The summed E-state index contributed by atoms with van der Waals surface area (Å²) in [6, 6.07) is 4.19. The molecule has 0 bridgehead atoms. The van der Waals surface area contributed by atoms with E-state index in [0.29, 0.717) is 6.42 Å². The van der Waals surface area contributed by atoms with E-state index in [9.17, 15) is 0 Å². The molecule has 1 aromatic carbocycles. The van der Waals surface area contributed by atoms with Crippen LogP contribution < -0.4 is 4.74 Å². The maximum Gasteiger partial charge on any atom is 0.132 e. The summed E-state index contributed by atoms with van der Waals surface area (Å²) >= 11 is 1.61. The van der Waals surface area contributed by atoms with Crippen LogP contribution >= 0.6 is 11.3 Å². The molecule has 0 atom stereocenters. The monoisotopic (exact) mass is 263 g/mol. The van der Waals surface area contributed by atoms with Gasteiger partial charge in [0.05, 0.1) is 12.7 Å². The average Bonchev–Trinajstić information content (AvgIpc) is 2.77. The molecule has 0 radical (unpaired) electrons. The molecule has 0 fully saturated rings. The highest BCUT2D eigenvalue weighted by Crippen LogP contribution is 2.36. The molecule has 0 aliphatic carbocycles. The first kappa shape index (κ1) is 13.1. The number of aliphatic hydroxyl groups is 1. The molecule has 96 valence electrons.